The Balaban J connectivity index is 1.53. The lowest BCUT2D eigenvalue weighted by Gasteiger charge is -2.29. The van der Waals surface area contributed by atoms with Gasteiger partial charge in [-0.25, -0.2) is 9.67 Å². The molecule has 0 spiro atoms. The summed E-state index contributed by atoms with van der Waals surface area (Å²) >= 11 is 0. The Bertz CT molecular complexity index is 888. The van der Waals surface area contributed by atoms with Gasteiger partial charge in [-0.05, 0) is 65.5 Å². The predicted octanol–water partition coefficient (Wildman–Crippen LogP) is 4.05. The smallest absolute Gasteiger partial charge is 0.254 e. The van der Waals surface area contributed by atoms with E-state index in [9.17, 15) is 4.79 Å². The zero-order valence-electron chi connectivity index (χ0n) is 19.4. The number of nitrogens with zero attached hydrogens (tertiary/aromatic N) is 4. The van der Waals surface area contributed by atoms with E-state index < -0.39 is 0 Å². The number of aromatic nitrogens is 3. The number of amides is 1. The number of anilines is 1. The fourth-order valence-corrected chi connectivity index (χ4v) is 5.36. The van der Waals surface area contributed by atoms with E-state index in [-0.39, 0.29) is 5.91 Å². The first-order valence-electron chi connectivity index (χ1n) is 12.2. The summed E-state index contributed by atoms with van der Waals surface area (Å²) in [7, 11) is 2.18. The number of likely N-dealkylation sites (tertiary alicyclic amines) is 1. The normalized spacial score (nSPS) is 21.5. The van der Waals surface area contributed by atoms with Crippen molar-refractivity contribution in [1.29, 1.82) is 0 Å². The molecule has 2 aromatic rings. The van der Waals surface area contributed by atoms with Crippen LogP contribution in [-0.2, 0) is 6.54 Å². The fourth-order valence-electron chi connectivity index (χ4n) is 5.36. The van der Waals surface area contributed by atoms with Crippen molar-refractivity contribution in [3.63, 3.8) is 0 Å². The van der Waals surface area contributed by atoms with Gasteiger partial charge in [-0.15, -0.1) is 0 Å². The summed E-state index contributed by atoms with van der Waals surface area (Å²) < 4.78 is 1.89. The summed E-state index contributed by atoms with van der Waals surface area (Å²) in [4.78, 5) is 20.2. The molecule has 1 amide bonds. The van der Waals surface area contributed by atoms with Gasteiger partial charge < -0.3 is 15.5 Å². The van der Waals surface area contributed by atoms with Crippen molar-refractivity contribution >= 4 is 22.6 Å². The Labute approximate surface area is 186 Å². The zero-order valence-corrected chi connectivity index (χ0v) is 19.4. The minimum atomic E-state index is -0.0438. The van der Waals surface area contributed by atoms with E-state index in [1.165, 1.54) is 44.9 Å². The molecule has 170 valence electrons. The standard InChI is InChI=1S/C24H38N6O/c1-4-30-23-20(16-27-30)22(28-17(2)18-9-6-5-7-10-18)21(15-26-23)24(31)25-13-12-19-11-8-14-29(19)3/h15-19H,4-14H2,1-3H3,(H,25,31)(H,26,28)/t17?,19-/m1/s1. The lowest BCUT2D eigenvalue weighted by molar-refractivity contribution is 0.0951. The summed E-state index contributed by atoms with van der Waals surface area (Å²) in [6, 6.07) is 0.891. The van der Waals surface area contributed by atoms with Crippen LogP contribution in [0.3, 0.4) is 0 Å². The molecule has 1 saturated carbocycles. The highest BCUT2D eigenvalue weighted by Gasteiger charge is 2.25. The molecule has 0 aromatic carbocycles. The van der Waals surface area contributed by atoms with Crippen molar-refractivity contribution in [3.05, 3.63) is 18.0 Å². The van der Waals surface area contributed by atoms with Crippen molar-refractivity contribution in [2.45, 2.75) is 83.8 Å². The highest BCUT2D eigenvalue weighted by Crippen LogP contribution is 2.32. The van der Waals surface area contributed by atoms with Crippen LogP contribution in [0.4, 0.5) is 5.69 Å². The highest BCUT2D eigenvalue weighted by atomic mass is 16.1. The number of hydrogen-bond donors (Lipinski definition) is 2. The number of hydrogen-bond acceptors (Lipinski definition) is 5. The maximum absolute atomic E-state index is 13.2. The summed E-state index contributed by atoms with van der Waals surface area (Å²) in [5.74, 6) is 0.602. The van der Waals surface area contributed by atoms with Gasteiger partial charge in [-0.1, -0.05) is 19.3 Å². The van der Waals surface area contributed by atoms with Crippen LogP contribution in [0, 0.1) is 5.92 Å². The molecule has 2 fully saturated rings. The van der Waals surface area contributed by atoms with Gasteiger partial charge >= 0.3 is 0 Å². The summed E-state index contributed by atoms with van der Waals surface area (Å²) in [6.45, 7) is 6.93. The van der Waals surface area contributed by atoms with Gasteiger partial charge in [0.15, 0.2) is 5.65 Å². The first kappa shape index (κ1) is 22.1. The van der Waals surface area contributed by atoms with E-state index >= 15 is 0 Å². The van der Waals surface area contributed by atoms with Crippen molar-refractivity contribution in [3.8, 4) is 0 Å². The van der Waals surface area contributed by atoms with Crippen LogP contribution >= 0.6 is 0 Å². The molecule has 7 nitrogen and oxygen atoms in total. The van der Waals surface area contributed by atoms with Gasteiger partial charge in [0.2, 0.25) is 0 Å². The van der Waals surface area contributed by atoms with Gasteiger partial charge in [0, 0.05) is 31.4 Å². The first-order chi connectivity index (χ1) is 15.1. The molecule has 7 heteroatoms. The highest BCUT2D eigenvalue weighted by molar-refractivity contribution is 6.06. The van der Waals surface area contributed by atoms with E-state index in [1.807, 2.05) is 10.9 Å². The topological polar surface area (TPSA) is 75.1 Å². The number of rotatable bonds is 8. The van der Waals surface area contributed by atoms with Crippen molar-refractivity contribution in [1.82, 2.24) is 25.0 Å². The second kappa shape index (κ2) is 9.98. The van der Waals surface area contributed by atoms with Crippen LogP contribution < -0.4 is 10.6 Å². The molecule has 1 unspecified atom stereocenters. The molecule has 1 aliphatic heterocycles. The third-order valence-electron chi connectivity index (χ3n) is 7.37. The van der Waals surface area contributed by atoms with E-state index in [2.05, 4.69) is 46.5 Å². The average Bonchev–Trinajstić information content (AvgIpc) is 3.40. The molecule has 31 heavy (non-hydrogen) atoms. The number of aryl methyl sites for hydroxylation is 1. The van der Waals surface area contributed by atoms with Gasteiger partial charge in [-0.2, -0.15) is 5.10 Å². The number of carbonyl (C=O) groups excluding carboxylic acids is 1. The summed E-state index contributed by atoms with van der Waals surface area (Å²) in [5.41, 5.74) is 2.36. The minimum absolute atomic E-state index is 0.0438. The zero-order chi connectivity index (χ0) is 21.8. The quantitative estimate of drug-likeness (QED) is 0.666. The molecule has 4 rings (SSSR count). The Kier molecular flexibility index (Phi) is 7.10. The largest absolute Gasteiger partial charge is 0.381 e. The fraction of sp³-hybridized carbons (Fsp3) is 0.708. The molecule has 0 radical (unpaired) electrons. The maximum Gasteiger partial charge on any atom is 0.254 e. The molecule has 2 aliphatic rings. The molecule has 3 heterocycles. The van der Waals surface area contributed by atoms with Crippen molar-refractivity contribution in [2.75, 3.05) is 25.5 Å². The Hall–Kier alpha value is -2.15. The van der Waals surface area contributed by atoms with Gasteiger partial charge in [0.05, 0.1) is 22.8 Å². The van der Waals surface area contributed by atoms with Crippen molar-refractivity contribution in [2.24, 2.45) is 5.92 Å². The number of nitrogens with one attached hydrogen (secondary N) is 2. The van der Waals surface area contributed by atoms with E-state index in [1.54, 1.807) is 6.20 Å². The summed E-state index contributed by atoms with van der Waals surface area (Å²) in [5, 5.41) is 12.3. The Morgan fingerprint density at radius 2 is 2.00 bits per heavy atom. The number of fused-ring (bicyclic) bond motifs is 1. The van der Waals surface area contributed by atoms with Crippen LogP contribution in [0.2, 0.25) is 0 Å². The van der Waals surface area contributed by atoms with E-state index in [0.717, 1.165) is 36.2 Å². The van der Waals surface area contributed by atoms with Crippen LogP contribution in [0.15, 0.2) is 12.4 Å². The Morgan fingerprint density at radius 1 is 1.19 bits per heavy atom. The van der Waals surface area contributed by atoms with Crippen LogP contribution in [-0.4, -0.2) is 57.8 Å². The number of pyridine rings is 1. The minimum Gasteiger partial charge on any atom is -0.381 e. The van der Waals surface area contributed by atoms with Gasteiger partial charge in [0.1, 0.15) is 0 Å². The first-order valence-corrected chi connectivity index (χ1v) is 12.2. The molecule has 0 bridgehead atoms. The average molecular weight is 427 g/mol. The molecule has 2 aromatic heterocycles. The third kappa shape index (κ3) is 4.86. The SMILES string of the molecule is CCn1ncc2c(NC(C)C3CCCCC3)c(C(=O)NCC[C@H]3CCCN3C)cnc21. The van der Waals surface area contributed by atoms with Crippen LogP contribution in [0.1, 0.15) is 75.6 Å². The predicted molar refractivity (Wildman–Crippen MR) is 125 cm³/mol. The monoisotopic (exact) mass is 426 g/mol. The molecule has 1 saturated heterocycles. The molecular weight excluding hydrogens is 388 g/mol. The number of carbonyl (C=O) groups is 1. The van der Waals surface area contributed by atoms with Gasteiger partial charge in [0.25, 0.3) is 5.91 Å². The molecular formula is C24H38N6O. The maximum atomic E-state index is 13.2. The molecule has 1 aliphatic carbocycles. The van der Waals surface area contributed by atoms with Crippen molar-refractivity contribution < 1.29 is 4.79 Å². The van der Waals surface area contributed by atoms with E-state index in [4.69, 9.17) is 0 Å². The third-order valence-corrected chi connectivity index (χ3v) is 7.37. The summed E-state index contributed by atoms with van der Waals surface area (Å²) in [6.07, 6.45) is 13.5. The second-order valence-electron chi connectivity index (χ2n) is 9.40. The second-order valence-corrected chi connectivity index (χ2v) is 9.40. The lowest BCUT2D eigenvalue weighted by Crippen LogP contribution is -2.33. The lowest BCUT2D eigenvalue weighted by atomic mass is 9.84. The molecule has 2 N–H and O–H groups in total. The van der Waals surface area contributed by atoms with Crippen LogP contribution in [0.25, 0.3) is 11.0 Å². The Morgan fingerprint density at radius 3 is 2.71 bits per heavy atom. The molecule has 2 atom stereocenters. The van der Waals surface area contributed by atoms with Crippen LogP contribution in [0.5, 0.6) is 0 Å². The van der Waals surface area contributed by atoms with Gasteiger partial charge in [-0.3, -0.25) is 4.79 Å². The van der Waals surface area contributed by atoms with E-state index in [0.29, 0.717) is 30.1 Å².